The molecule has 0 radical (unpaired) electrons. The van der Waals surface area contributed by atoms with Crippen molar-refractivity contribution in [2.24, 2.45) is 28.6 Å². The van der Waals surface area contributed by atoms with Crippen molar-refractivity contribution in [1.82, 2.24) is 0 Å². The molecule has 3 heteroatoms. The summed E-state index contributed by atoms with van der Waals surface area (Å²) in [5.41, 5.74) is 0.409. The van der Waals surface area contributed by atoms with E-state index in [4.69, 9.17) is 4.74 Å². The predicted molar refractivity (Wildman–Crippen MR) is 83.2 cm³/mol. The first-order valence-electron chi connectivity index (χ1n) is 9.45. The van der Waals surface area contributed by atoms with Gasteiger partial charge in [-0.25, -0.2) is 0 Å². The summed E-state index contributed by atoms with van der Waals surface area (Å²) >= 11 is 0. The van der Waals surface area contributed by atoms with Crippen LogP contribution in [0.1, 0.15) is 65.2 Å². The zero-order chi connectivity index (χ0) is 15.3. The molecule has 3 nitrogen and oxygen atoms in total. The minimum absolute atomic E-state index is 0.00318. The Bertz CT molecular complexity index is 507. The second kappa shape index (κ2) is 4.10. The van der Waals surface area contributed by atoms with Gasteiger partial charge in [-0.1, -0.05) is 13.8 Å². The second-order valence-corrected chi connectivity index (χ2v) is 9.56. The van der Waals surface area contributed by atoms with Crippen molar-refractivity contribution in [3.05, 3.63) is 0 Å². The van der Waals surface area contributed by atoms with Crippen molar-refractivity contribution in [2.75, 3.05) is 0 Å². The smallest absolute Gasteiger partial charge is 0.103 e. The van der Waals surface area contributed by atoms with Crippen LogP contribution in [-0.2, 0) is 4.74 Å². The van der Waals surface area contributed by atoms with Gasteiger partial charge in [-0.2, -0.15) is 0 Å². The van der Waals surface area contributed by atoms with E-state index in [1.807, 2.05) is 0 Å². The lowest BCUT2D eigenvalue weighted by Crippen LogP contribution is -2.58. The van der Waals surface area contributed by atoms with Gasteiger partial charge in [0.05, 0.1) is 18.3 Å². The zero-order valence-corrected chi connectivity index (χ0v) is 13.9. The maximum absolute atomic E-state index is 10.5. The van der Waals surface area contributed by atoms with Crippen LogP contribution in [0.25, 0.3) is 0 Å². The van der Waals surface area contributed by atoms with E-state index >= 15 is 0 Å². The SMILES string of the molecule is C[C@]12CC[C@@H]3[C@@H](CC4OC45CC(O)CC[C@]35C)[C@@H]1CCC2O. The lowest BCUT2D eigenvalue weighted by molar-refractivity contribution is -0.121. The van der Waals surface area contributed by atoms with Crippen LogP contribution in [0.3, 0.4) is 0 Å². The first-order chi connectivity index (χ1) is 10.4. The first-order valence-corrected chi connectivity index (χ1v) is 9.45. The Hall–Kier alpha value is -0.120. The Morgan fingerprint density at radius 1 is 0.955 bits per heavy atom. The Balaban J connectivity index is 1.51. The lowest BCUT2D eigenvalue weighted by Gasteiger charge is -2.58. The minimum Gasteiger partial charge on any atom is -0.393 e. The molecule has 4 unspecified atom stereocenters. The predicted octanol–water partition coefficient (Wildman–Crippen LogP) is 2.88. The van der Waals surface area contributed by atoms with Crippen LogP contribution >= 0.6 is 0 Å². The summed E-state index contributed by atoms with van der Waals surface area (Å²) in [5.74, 6) is 2.16. The third kappa shape index (κ3) is 1.45. The average molecular weight is 306 g/mol. The molecule has 1 spiro atoms. The second-order valence-electron chi connectivity index (χ2n) is 9.56. The normalized spacial score (nSPS) is 66.0. The third-order valence-corrected chi connectivity index (χ3v) is 9.01. The van der Waals surface area contributed by atoms with E-state index in [0.29, 0.717) is 12.0 Å². The molecule has 2 N–H and O–H groups in total. The van der Waals surface area contributed by atoms with Crippen molar-refractivity contribution < 1.29 is 14.9 Å². The largest absolute Gasteiger partial charge is 0.393 e. The molecule has 9 atom stereocenters. The Kier molecular flexibility index (Phi) is 2.65. The highest BCUT2D eigenvalue weighted by Gasteiger charge is 2.75. The molecule has 124 valence electrons. The molecule has 5 rings (SSSR count). The Labute approximate surface area is 133 Å². The maximum atomic E-state index is 10.5. The van der Waals surface area contributed by atoms with Gasteiger partial charge >= 0.3 is 0 Å². The summed E-state index contributed by atoms with van der Waals surface area (Å²) in [6, 6.07) is 0. The molecule has 1 saturated heterocycles. The average Bonchev–Trinajstić information content (AvgIpc) is 3.08. The molecule has 0 aromatic heterocycles. The maximum Gasteiger partial charge on any atom is 0.103 e. The van der Waals surface area contributed by atoms with E-state index in [0.717, 1.165) is 37.5 Å². The monoisotopic (exact) mass is 306 g/mol. The quantitative estimate of drug-likeness (QED) is 0.677. The highest BCUT2D eigenvalue weighted by atomic mass is 16.6. The van der Waals surface area contributed by atoms with E-state index in [9.17, 15) is 10.2 Å². The molecule has 22 heavy (non-hydrogen) atoms. The first kappa shape index (κ1) is 14.2. The fourth-order valence-electron chi connectivity index (χ4n) is 7.63. The van der Waals surface area contributed by atoms with E-state index in [1.54, 1.807) is 0 Å². The summed E-state index contributed by atoms with van der Waals surface area (Å²) in [5, 5.41) is 20.7. The van der Waals surface area contributed by atoms with Gasteiger partial charge in [0.1, 0.15) is 5.60 Å². The number of aliphatic hydroxyl groups excluding tert-OH is 2. The number of fused-ring (bicyclic) bond motifs is 4. The van der Waals surface area contributed by atoms with Crippen molar-refractivity contribution in [3.63, 3.8) is 0 Å². The summed E-state index contributed by atoms with van der Waals surface area (Å²) in [7, 11) is 0. The molecule has 0 bridgehead atoms. The molecular weight excluding hydrogens is 276 g/mol. The number of hydrogen-bond acceptors (Lipinski definition) is 3. The van der Waals surface area contributed by atoms with Gasteiger partial charge < -0.3 is 14.9 Å². The molecule has 5 fully saturated rings. The van der Waals surface area contributed by atoms with Gasteiger partial charge in [-0.05, 0) is 68.1 Å². The van der Waals surface area contributed by atoms with E-state index < -0.39 is 0 Å². The Morgan fingerprint density at radius 3 is 2.59 bits per heavy atom. The number of hydrogen-bond donors (Lipinski definition) is 2. The minimum atomic E-state index is -0.156. The van der Waals surface area contributed by atoms with Crippen molar-refractivity contribution in [2.45, 2.75) is 89.1 Å². The molecule has 1 heterocycles. The van der Waals surface area contributed by atoms with Crippen LogP contribution in [0, 0.1) is 28.6 Å². The van der Waals surface area contributed by atoms with Gasteiger partial charge in [-0.3, -0.25) is 0 Å². The van der Waals surface area contributed by atoms with Crippen LogP contribution in [0.4, 0.5) is 0 Å². The summed E-state index contributed by atoms with van der Waals surface area (Å²) in [6.07, 6.45) is 8.88. The topological polar surface area (TPSA) is 53.0 Å². The van der Waals surface area contributed by atoms with E-state index in [1.165, 1.54) is 25.7 Å². The van der Waals surface area contributed by atoms with Gasteiger partial charge in [0.15, 0.2) is 0 Å². The fourth-order valence-corrected chi connectivity index (χ4v) is 7.63. The van der Waals surface area contributed by atoms with Crippen molar-refractivity contribution in [3.8, 4) is 0 Å². The molecular formula is C19H30O3. The summed E-state index contributed by atoms with van der Waals surface area (Å²) < 4.78 is 6.32. The third-order valence-electron chi connectivity index (χ3n) is 9.01. The summed E-state index contributed by atoms with van der Waals surface area (Å²) in [4.78, 5) is 0. The van der Waals surface area contributed by atoms with Crippen molar-refractivity contribution in [1.29, 1.82) is 0 Å². The highest BCUT2D eigenvalue weighted by molar-refractivity contribution is 5.24. The van der Waals surface area contributed by atoms with Gasteiger partial charge in [0.2, 0.25) is 0 Å². The molecule has 4 aliphatic carbocycles. The van der Waals surface area contributed by atoms with E-state index in [-0.39, 0.29) is 28.6 Å². The van der Waals surface area contributed by atoms with Crippen LogP contribution in [-0.4, -0.2) is 34.1 Å². The molecule has 0 aromatic rings. The van der Waals surface area contributed by atoms with Gasteiger partial charge in [0.25, 0.3) is 0 Å². The Morgan fingerprint density at radius 2 is 1.77 bits per heavy atom. The summed E-state index contributed by atoms with van der Waals surface area (Å²) in [6.45, 7) is 4.80. The van der Waals surface area contributed by atoms with Crippen molar-refractivity contribution >= 4 is 0 Å². The van der Waals surface area contributed by atoms with Crippen LogP contribution in [0.5, 0.6) is 0 Å². The number of ether oxygens (including phenoxy) is 1. The number of rotatable bonds is 0. The number of epoxide rings is 1. The van der Waals surface area contributed by atoms with Gasteiger partial charge in [0, 0.05) is 11.8 Å². The van der Waals surface area contributed by atoms with E-state index in [2.05, 4.69) is 13.8 Å². The zero-order valence-electron chi connectivity index (χ0n) is 13.9. The van der Waals surface area contributed by atoms with Crippen LogP contribution in [0.2, 0.25) is 0 Å². The molecule has 4 saturated carbocycles. The number of aliphatic hydroxyl groups is 2. The molecule has 0 aromatic carbocycles. The highest BCUT2D eigenvalue weighted by Crippen LogP contribution is 2.73. The lowest BCUT2D eigenvalue weighted by atomic mass is 9.45. The molecule has 0 amide bonds. The molecule has 5 aliphatic rings. The molecule has 1 aliphatic heterocycles. The van der Waals surface area contributed by atoms with Crippen LogP contribution < -0.4 is 0 Å². The van der Waals surface area contributed by atoms with Gasteiger partial charge in [-0.15, -0.1) is 0 Å². The fraction of sp³-hybridized carbons (Fsp3) is 1.00. The van der Waals surface area contributed by atoms with Crippen LogP contribution in [0.15, 0.2) is 0 Å². The standard InChI is InChI=1S/C19H30O3/c1-17-7-6-14-12(13(17)3-4-15(17)21)9-16-19(22-16)10-11(20)5-8-18(14,19)2/h11-16,20-21H,3-10H2,1-2H3/t11?,12-,13-,14+,15?,16?,17-,18+,19?/m0/s1.